The van der Waals surface area contributed by atoms with E-state index in [0.29, 0.717) is 6.10 Å². The molecule has 1 aliphatic carbocycles. The maximum absolute atomic E-state index is 4.86. The Hall–Kier alpha value is -0.120. The van der Waals surface area contributed by atoms with Crippen molar-refractivity contribution in [1.29, 1.82) is 0 Å². The highest BCUT2D eigenvalue weighted by atomic mass is 16.5. The highest BCUT2D eigenvalue weighted by Gasteiger charge is 2.19. The van der Waals surface area contributed by atoms with E-state index < -0.39 is 0 Å². The average Bonchev–Trinajstić information content (AvgIpc) is 3.04. The number of methoxy groups -OCH3 is 3. The molecule has 0 aromatic rings. The molecule has 0 atom stereocenters. The van der Waals surface area contributed by atoms with E-state index in [0.717, 1.165) is 6.61 Å². The van der Waals surface area contributed by atoms with Crippen LogP contribution in [0, 0.1) is 0 Å². The van der Waals surface area contributed by atoms with Crippen LogP contribution in [0.2, 0.25) is 0 Å². The van der Waals surface area contributed by atoms with Crippen LogP contribution in [0.25, 0.3) is 0 Å². The molecule has 0 unspecified atom stereocenters. The van der Waals surface area contributed by atoms with Gasteiger partial charge in [0.2, 0.25) is 0 Å². The molecule has 3 nitrogen and oxygen atoms in total. The van der Waals surface area contributed by atoms with E-state index in [4.69, 9.17) is 4.74 Å². The van der Waals surface area contributed by atoms with Crippen molar-refractivity contribution >= 4 is 0 Å². The summed E-state index contributed by atoms with van der Waals surface area (Å²) in [6, 6.07) is 0. The van der Waals surface area contributed by atoms with Crippen molar-refractivity contribution in [2.75, 3.05) is 35.0 Å². The molecule has 96 valence electrons. The van der Waals surface area contributed by atoms with Gasteiger partial charge in [0.15, 0.2) is 0 Å². The van der Waals surface area contributed by atoms with Gasteiger partial charge in [0.1, 0.15) is 0 Å². The van der Waals surface area contributed by atoms with Crippen LogP contribution in [0.15, 0.2) is 0 Å². The lowest BCUT2D eigenvalue weighted by molar-refractivity contribution is 0.183. The molecule has 0 aromatic carbocycles. The molecule has 0 heterocycles. The van der Waals surface area contributed by atoms with Gasteiger partial charge in [-0.1, -0.05) is 20.3 Å². The summed E-state index contributed by atoms with van der Waals surface area (Å²) in [5, 5.41) is 0. The maximum Gasteiger partial charge on any atom is 0.0573 e. The van der Waals surface area contributed by atoms with Crippen LogP contribution in [0.4, 0.5) is 0 Å². The Morgan fingerprint density at radius 2 is 1.20 bits per heavy atom. The Labute approximate surface area is 96.1 Å². The second kappa shape index (κ2) is 23.6. The molecule has 1 aliphatic rings. The lowest BCUT2D eigenvalue weighted by Crippen LogP contribution is -1.79. The van der Waals surface area contributed by atoms with E-state index in [1.54, 1.807) is 28.4 Å². The smallest absolute Gasteiger partial charge is 0.0573 e. The Morgan fingerprint density at radius 3 is 1.20 bits per heavy atom. The second-order valence-corrected chi connectivity index (χ2v) is 3.13. The SMILES string of the molecule is CCC.CCOC.COC.COC1CC1. The van der Waals surface area contributed by atoms with Crippen LogP contribution < -0.4 is 0 Å². The summed E-state index contributed by atoms with van der Waals surface area (Å²) >= 11 is 0. The van der Waals surface area contributed by atoms with Crippen LogP contribution in [-0.2, 0) is 14.2 Å². The molecule has 0 spiro atoms. The molecule has 0 aromatic heterocycles. The predicted octanol–water partition coefficient (Wildman–Crippen LogP) is 3.13. The van der Waals surface area contributed by atoms with Crippen LogP contribution in [-0.4, -0.2) is 41.2 Å². The molecular weight excluding hydrogens is 192 g/mol. The highest BCUT2D eigenvalue weighted by Crippen LogP contribution is 2.21. The summed E-state index contributed by atoms with van der Waals surface area (Å²) < 4.78 is 13.7. The van der Waals surface area contributed by atoms with Gasteiger partial charge in [-0.25, -0.2) is 0 Å². The summed E-state index contributed by atoms with van der Waals surface area (Å²) in [6.45, 7) is 7.03. The topological polar surface area (TPSA) is 27.7 Å². The van der Waals surface area contributed by atoms with Gasteiger partial charge in [0.25, 0.3) is 0 Å². The standard InChI is InChI=1S/C4H8O.C3H8O.C3H8.C2H6O/c1-5-4-2-3-4;1-3-4-2;2*1-3-2/h4H,2-3H2,1H3;3H2,1-2H3;3H2,1-2H3;1-2H3. The summed E-state index contributed by atoms with van der Waals surface area (Å²) in [5.74, 6) is 0. The number of rotatable bonds is 2. The summed E-state index contributed by atoms with van der Waals surface area (Å²) in [6.07, 6.45) is 4.46. The predicted molar refractivity (Wildman–Crippen MR) is 66.5 cm³/mol. The average molecular weight is 222 g/mol. The van der Waals surface area contributed by atoms with Crippen LogP contribution >= 0.6 is 0 Å². The molecule has 0 saturated heterocycles. The van der Waals surface area contributed by atoms with Gasteiger partial charge in [0, 0.05) is 35.0 Å². The van der Waals surface area contributed by atoms with Gasteiger partial charge in [0.05, 0.1) is 6.10 Å². The molecule has 0 bridgehead atoms. The zero-order valence-electron chi connectivity index (χ0n) is 11.6. The molecule has 0 radical (unpaired) electrons. The van der Waals surface area contributed by atoms with Gasteiger partial charge >= 0.3 is 0 Å². The van der Waals surface area contributed by atoms with Gasteiger partial charge in [-0.15, -0.1) is 0 Å². The third-order valence-corrected chi connectivity index (χ3v) is 1.15. The van der Waals surface area contributed by atoms with E-state index in [2.05, 4.69) is 23.3 Å². The lowest BCUT2D eigenvalue weighted by atomic mass is 10.6. The van der Waals surface area contributed by atoms with Gasteiger partial charge in [-0.3, -0.25) is 0 Å². The third kappa shape index (κ3) is 56.7. The van der Waals surface area contributed by atoms with E-state index in [9.17, 15) is 0 Å². The fourth-order valence-corrected chi connectivity index (χ4v) is 0.304. The van der Waals surface area contributed by atoms with Crippen LogP contribution in [0.5, 0.6) is 0 Å². The first-order chi connectivity index (χ1) is 7.17. The summed E-state index contributed by atoms with van der Waals surface area (Å²) in [7, 11) is 6.69. The Kier molecular flexibility index (Phi) is 31.9. The van der Waals surface area contributed by atoms with Crippen molar-refractivity contribution in [3.63, 3.8) is 0 Å². The van der Waals surface area contributed by atoms with Crippen molar-refractivity contribution in [3.8, 4) is 0 Å². The van der Waals surface area contributed by atoms with Crippen LogP contribution in [0.1, 0.15) is 40.0 Å². The Balaban J connectivity index is -0.000000133. The van der Waals surface area contributed by atoms with E-state index in [1.807, 2.05) is 6.92 Å². The van der Waals surface area contributed by atoms with Crippen molar-refractivity contribution in [1.82, 2.24) is 0 Å². The molecular formula is C12H30O3. The number of hydrogen-bond donors (Lipinski definition) is 0. The van der Waals surface area contributed by atoms with Crippen molar-refractivity contribution in [2.24, 2.45) is 0 Å². The van der Waals surface area contributed by atoms with Crippen molar-refractivity contribution in [3.05, 3.63) is 0 Å². The fraction of sp³-hybridized carbons (Fsp3) is 1.00. The summed E-state index contributed by atoms with van der Waals surface area (Å²) in [4.78, 5) is 0. The maximum atomic E-state index is 4.86. The molecule has 1 saturated carbocycles. The van der Waals surface area contributed by atoms with Gasteiger partial charge < -0.3 is 14.2 Å². The fourth-order valence-electron chi connectivity index (χ4n) is 0.304. The highest BCUT2D eigenvalue weighted by molar-refractivity contribution is 4.71. The first kappa shape index (κ1) is 20.3. The van der Waals surface area contributed by atoms with E-state index >= 15 is 0 Å². The Morgan fingerprint density at radius 1 is 0.933 bits per heavy atom. The van der Waals surface area contributed by atoms with E-state index in [1.165, 1.54) is 19.3 Å². The Bertz CT molecular complexity index is 69.3. The third-order valence-electron chi connectivity index (χ3n) is 1.15. The van der Waals surface area contributed by atoms with Crippen LogP contribution in [0.3, 0.4) is 0 Å². The van der Waals surface area contributed by atoms with Gasteiger partial charge in [-0.2, -0.15) is 0 Å². The van der Waals surface area contributed by atoms with Crippen molar-refractivity contribution < 1.29 is 14.2 Å². The molecule has 3 heteroatoms. The zero-order valence-corrected chi connectivity index (χ0v) is 11.6. The molecule has 15 heavy (non-hydrogen) atoms. The monoisotopic (exact) mass is 222 g/mol. The van der Waals surface area contributed by atoms with E-state index in [-0.39, 0.29) is 0 Å². The molecule has 1 rings (SSSR count). The second-order valence-electron chi connectivity index (χ2n) is 3.13. The molecule has 0 amide bonds. The first-order valence-electron chi connectivity index (χ1n) is 5.60. The van der Waals surface area contributed by atoms with Gasteiger partial charge in [-0.05, 0) is 19.8 Å². The number of ether oxygens (including phenoxy) is 3. The van der Waals surface area contributed by atoms with Crippen molar-refractivity contribution in [2.45, 2.75) is 46.1 Å². The molecule has 0 N–H and O–H groups in total. The summed E-state index contributed by atoms with van der Waals surface area (Å²) in [5.41, 5.74) is 0. The molecule has 0 aliphatic heterocycles. The lowest BCUT2D eigenvalue weighted by Gasteiger charge is -1.80. The minimum absolute atomic E-state index is 0.634. The zero-order chi connectivity index (χ0) is 12.5. The molecule has 1 fully saturated rings. The number of hydrogen-bond acceptors (Lipinski definition) is 3. The largest absolute Gasteiger partial charge is 0.388 e. The quantitative estimate of drug-likeness (QED) is 0.718. The normalized spacial score (nSPS) is 12.2. The minimum Gasteiger partial charge on any atom is -0.388 e. The first-order valence-corrected chi connectivity index (χ1v) is 5.60. The minimum atomic E-state index is 0.634.